The van der Waals surface area contributed by atoms with Crippen LogP contribution in [0, 0.1) is 23.2 Å². The third-order valence-electron chi connectivity index (χ3n) is 2.79. The molecule has 0 unspecified atom stereocenters. The van der Waals surface area contributed by atoms with Gasteiger partial charge in [-0.1, -0.05) is 0 Å². The fourth-order valence-electron chi connectivity index (χ4n) is 2.05. The SMILES string of the molecule is CCOC(=O)[C@@H]1C=C(C#N)O[C@H]2OCC[C@@H]21. The van der Waals surface area contributed by atoms with Crippen LogP contribution >= 0.6 is 0 Å². The summed E-state index contributed by atoms with van der Waals surface area (Å²) in [6, 6.07) is 1.89. The first kappa shape index (κ1) is 11.0. The largest absolute Gasteiger partial charge is 0.466 e. The number of fused-ring (bicyclic) bond motifs is 1. The van der Waals surface area contributed by atoms with E-state index < -0.39 is 12.2 Å². The van der Waals surface area contributed by atoms with Gasteiger partial charge >= 0.3 is 5.97 Å². The van der Waals surface area contributed by atoms with Crippen molar-refractivity contribution < 1.29 is 19.0 Å². The number of rotatable bonds is 2. The molecule has 5 heteroatoms. The van der Waals surface area contributed by atoms with E-state index in [0.29, 0.717) is 13.2 Å². The van der Waals surface area contributed by atoms with E-state index in [2.05, 4.69) is 0 Å². The Morgan fingerprint density at radius 2 is 2.56 bits per heavy atom. The second kappa shape index (κ2) is 4.54. The maximum absolute atomic E-state index is 11.7. The topological polar surface area (TPSA) is 68.6 Å². The Balaban J connectivity index is 2.19. The number of allylic oxidation sites excluding steroid dienone is 1. The van der Waals surface area contributed by atoms with E-state index in [1.807, 2.05) is 6.07 Å². The first-order valence-electron chi connectivity index (χ1n) is 5.33. The summed E-state index contributed by atoms with van der Waals surface area (Å²) in [6.45, 7) is 2.65. The van der Waals surface area contributed by atoms with Gasteiger partial charge in [0.2, 0.25) is 6.29 Å². The maximum Gasteiger partial charge on any atom is 0.313 e. The van der Waals surface area contributed by atoms with Crippen molar-refractivity contribution >= 4 is 5.97 Å². The van der Waals surface area contributed by atoms with Crippen LogP contribution in [0.3, 0.4) is 0 Å². The molecular weight excluding hydrogens is 210 g/mol. The predicted octanol–water partition coefficient (Wildman–Crippen LogP) is 0.966. The number of nitrogens with zero attached hydrogens (tertiary/aromatic N) is 1. The molecule has 0 N–H and O–H groups in total. The van der Waals surface area contributed by atoms with Crippen LogP contribution in [-0.4, -0.2) is 25.5 Å². The molecule has 2 aliphatic rings. The van der Waals surface area contributed by atoms with Gasteiger partial charge in [-0.05, 0) is 19.4 Å². The van der Waals surface area contributed by atoms with Crippen molar-refractivity contribution in [3.8, 4) is 6.07 Å². The molecule has 0 saturated carbocycles. The van der Waals surface area contributed by atoms with E-state index in [-0.39, 0.29) is 17.6 Å². The number of nitriles is 1. The van der Waals surface area contributed by atoms with Gasteiger partial charge in [0.05, 0.1) is 19.1 Å². The molecule has 0 spiro atoms. The van der Waals surface area contributed by atoms with Crippen molar-refractivity contribution in [1.29, 1.82) is 5.26 Å². The van der Waals surface area contributed by atoms with Gasteiger partial charge < -0.3 is 14.2 Å². The fraction of sp³-hybridized carbons (Fsp3) is 0.636. The highest BCUT2D eigenvalue weighted by Crippen LogP contribution is 2.36. The molecular formula is C11H13NO4. The monoisotopic (exact) mass is 223 g/mol. The maximum atomic E-state index is 11.7. The van der Waals surface area contributed by atoms with Crippen LogP contribution in [0.5, 0.6) is 0 Å². The Hall–Kier alpha value is -1.54. The van der Waals surface area contributed by atoms with Gasteiger partial charge in [-0.15, -0.1) is 0 Å². The third-order valence-corrected chi connectivity index (χ3v) is 2.79. The molecule has 2 aliphatic heterocycles. The van der Waals surface area contributed by atoms with E-state index in [4.69, 9.17) is 19.5 Å². The number of hydrogen-bond donors (Lipinski definition) is 0. The highest BCUT2D eigenvalue weighted by Gasteiger charge is 2.43. The van der Waals surface area contributed by atoms with Crippen molar-refractivity contribution in [2.45, 2.75) is 19.6 Å². The molecule has 5 nitrogen and oxygen atoms in total. The molecule has 0 bridgehead atoms. The first-order valence-corrected chi connectivity index (χ1v) is 5.33. The smallest absolute Gasteiger partial charge is 0.313 e. The van der Waals surface area contributed by atoms with Crippen LogP contribution in [0.15, 0.2) is 11.8 Å². The van der Waals surface area contributed by atoms with Gasteiger partial charge in [0, 0.05) is 5.92 Å². The second-order valence-corrected chi connectivity index (χ2v) is 3.73. The van der Waals surface area contributed by atoms with Crippen LogP contribution in [0.25, 0.3) is 0 Å². The zero-order chi connectivity index (χ0) is 11.5. The quantitative estimate of drug-likeness (QED) is 0.652. The summed E-state index contributed by atoms with van der Waals surface area (Å²) in [6.07, 6.45) is 1.81. The second-order valence-electron chi connectivity index (χ2n) is 3.73. The molecule has 1 saturated heterocycles. The number of carbonyl (C=O) groups is 1. The average Bonchev–Trinajstić information content (AvgIpc) is 2.75. The molecule has 0 radical (unpaired) electrons. The Kier molecular flexibility index (Phi) is 3.11. The molecule has 2 heterocycles. The molecule has 0 aliphatic carbocycles. The highest BCUT2D eigenvalue weighted by molar-refractivity contribution is 5.75. The van der Waals surface area contributed by atoms with Crippen LogP contribution < -0.4 is 0 Å². The number of ether oxygens (including phenoxy) is 3. The van der Waals surface area contributed by atoms with Crippen molar-refractivity contribution in [3.05, 3.63) is 11.8 Å². The van der Waals surface area contributed by atoms with Crippen LogP contribution in [0.2, 0.25) is 0 Å². The number of esters is 1. The van der Waals surface area contributed by atoms with Gasteiger partial charge in [0.1, 0.15) is 6.07 Å². The fourth-order valence-corrected chi connectivity index (χ4v) is 2.05. The molecule has 0 aromatic heterocycles. The lowest BCUT2D eigenvalue weighted by atomic mass is 9.88. The van der Waals surface area contributed by atoms with E-state index in [1.165, 1.54) is 6.08 Å². The summed E-state index contributed by atoms with van der Waals surface area (Å²) < 4.78 is 15.6. The lowest BCUT2D eigenvalue weighted by molar-refractivity contribution is -0.158. The molecule has 1 fully saturated rings. The Morgan fingerprint density at radius 3 is 3.25 bits per heavy atom. The Bertz CT molecular complexity index is 357. The summed E-state index contributed by atoms with van der Waals surface area (Å²) in [5, 5.41) is 8.79. The van der Waals surface area contributed by atoms with E-state index in [1.54, 1.807) is 6.92 Å². The number of carbonyl (C=O) groups excluding carboxylic acids is 1. The van der Waals surface area contributed by atoms with E-state index >= 15 is 0 Å². The Morgan fingerprint density at radius 1 is 1.75 bits per heavy atom. The van der Waals surface area contributed by atoms with E-state index in [9.17, 15) is 4.79 Å². The summed E-state index contributed by atoms with van der Waals surface area (Å²) >= 11 is 0. The number of hydrogen-bond acceptors (Lipinski definition) is 5. The van der Waals surface area contributed by atoms with Crippen LogP contribution in [-0.2, 0) is 19.0 Å². The van der Waals surface area contributed by atoms with Gasteiger partial charge in [-0.2, -0.15) is 5.26 Å². The molecule has 0 aromatic carbocycles. The van der Waals surface area contributed by atoms with Gasteiger partial charge in [-0.25, -0.2) is 0 Å². The summed E-state index contributed by atoms with van der Waals surface area (Å²) in [7, 11) is 0. The van der Waals surface area contributed by atoms with Crippen molar-refractivity contribution in [2.24, 2.45) is 11.8 Å². The minimum Gasteiger partial charge on any atom is -0.466 e. The molecule has 2 rings (SSSR count). The Labute approximate surface area is 93.6 Å². The minimum absolute atomic E-state index is 0.0313. The highest BCUT2D eigenvalue weighted by atomic mass is 16.7. The van der Waals surface area contributed by atoms with Gasteiger partial charge in [0.15, 0.2) is 5.76 Å². The third kappa shape index (κ3) is 1.89. The summed E-state index contributed by atoms with van der Waals surface area (Å²) in [5.74, 6) is -0.618. The average molecular weight is 223 g/mol. The van der Waals surface area contributed by atoms with Gasteiger partial charge in [0.25, 0.3) is 0 Å². The summed E-state index contributed by atoms with van der Waals surface area (Å²) in [4.78, 5) is 11.7. The predicted molar refractivity (Wildman–Crippen MR) is 52.8 cm³/mol. The molecule has 3 atom stereocenters. The van der Waals surface area contributed by atoms with Crippen molar-refractivity contribution in [1.82, 2.24) is 0 Å². The van der Waals surface area contributed by atoms with Gasteiger partial charge in [-0.3, -0.25) is 4.79 Å². The summed E-state index contributed by atoms with van der Waals surface area (Å²) in [5.41, 5.74) is 0. The first-order chi connectivity index (χ1) is 7.76. The van der Waals surface area contributed by atoms with Crippen molar-refractivity contribution in [2.75, 3.05) is 13.2 Å². The normalized spacial score (nSPS) is 32.0. The van der Waals surface area contributed by atoms with Crippen molar-refractivity contribution in [3.63, 3.8) is 0 Å². The van der Waals surface area contributed by atoms with Crippen LogP contribution in [0.4, 0.5) is 0 Å². The molecule has 0 amide bonds. The minimum atomic E-state index is -0.478. The van der Waals surface area contributed by atoms with Crippen LogP contribution in [0.1, 0.15) is 13.3 Å². The molecule has 16 heavy (non-hydrogen) atoms. The zero-order valence-corrected chi connectivity index (χ0v) is 9.01. The standard InChI is InChI=1S/C11H13NO4/c1-2-14-10(13)9-5-7(6-12)16-11-8(9)3-4-15-11/h5,8-9,11H,2-4H2,1H3/t8-,9-,11-/m1/s1. The molecule has 0 aromatic rings. The lowest BCUT2D eigenvalue weighted by Gasteiger charge is -2.28. The molecule has 86 valence electrons. The lowest BCUT2D eigenvalue weighted by Crippen LogP contribution is -2.35. The van der Waals surface area contributed by atoms with E-state index in [0.717, 1.165) is 6.42 Å². The zero-order valence-electron chi connectivity index (χ0n) is 9.01.